The van der Waals surface area contributed by atoms with Crippen molar-refractivity contribution >= 4 is 0 Å². The molecule has 4 aliphatic rings. The summed E-state index contributed by atoms with van der Waals surface area (Å²) in [5, 5.41) is 0. The summed E-state index contributed by atoms with van der Waals surface area (Å²) in [6.45, 7) is 11.8. The highest BCUT2D eigenvalue weighted by Gasteiger charge is 2.58. The summed E-state index contributed by atoms with van der Waals surface area (Å²) in [5.41, 5.74) is 4.16. The third kappa shape index (κ3) is 2.23. The van der Waals surface area contributed by atoms with Gasteiger partial charge in [0.25, 0.3) is 0 Å². The number of allylic oxidation sites excluding steroid dienone is 2. The minimum absolute atomic E-state index is 0.459. The molecule has 7 atom stereocenters. The fourth-order valence-corrected chi connectivity index (χ4v) is 7.64. The Morgan fingerprint density at radius 1 is 1.12 bits per heavy atom. The lowest BCUT2D eigenvalue weighted by molar-refractivity contribution is -0.0492. The Bertz CT molecular complexity index is 560. The maximum Gasteiger partial charge on any atom is 0.0608 e. The highest BCUT2D eigenvalue weighted by Crippen LogP contribution is 2.67. The van der Waals surface area contributed by atoms with Gasteiger partial charge < -0.3 is 4.74 Å². The lowest BCUT2D eigenvalue weighted by Gasteiger charge is -2.58. The first-order chi connectivity index (χ1) is 11.4. The van der Waals surface area contributed by atoms with E-state index in [0.29, 0.717) is 16.9 Å². The molecule has 4 aliphatic carbocycles. The van der Waals surface area contributed by atoms with E-state index in [1.165, 1.54) is 56.9 Å². The van der Waals surface area contributed by atoms with Gasteiger partial charge in [-0.2, -0.15) is 0 Å². The third-order valence-electron chi connectivity index (χ3n) is 8.99. The van der Waals surface area contributed by atoms with Crippen LogP contribution in [0.25, 0.3) is 0 Å². The van der Waals surface area contributed by atoms with Crippen LogP contribution in [0.4, 0.5) is 0 Å². The van der Waals surface area contributed by atoms with Crippen molar-refractivity contribution < 1.29 is 4.74 Å². The van der Waals surface area contributed by atoms with Gasteiger partial charge in [0.2, 0.25) is 0 Å². The first-order valence-corrected chi connectivity index (χ1v) is 10.3. The van der Waals surface area contributed by atoms with Gasteiger partial charge in [-0.1, -0.05) is 37.6 Å². The van der Waals surface area contributed by atoms with E-state index >= 15 is 0 Å². The predicted octanol–water partition coefficient (Wildman–Crippen LogP) is 6.16. The summed E-state index contributed by atoms with van der Waals surface area (Å²) in [6.07, 6.45) is 13.9. The van der Waals surface area contributed by atoms with E-state index < -0.39 is 0 Å². The standard InChI is InChI=1S/C23H36O/c1-15(2)19-8-9-20-18-7-6-16-14-17(24-5)10-12-22(16,3)21(18)11-13-23(19,20)4/h6,17-21H,1,7-14H2,2-5H3. The van der Waals surface area contributed by atoms with Crippen molar-refractivity contribution in [2.75, 3.05) is 7.11 Å². The van der Waals surface area contributed by atoms with Crippen molar-refractivity contribution in [1.82, 2.24) is 0 Å². The Morgan fingerprint density at radius 3 is 2.62 bits per heavy atom. The molecule has 0 radical (unpaired) electrons. The van der Waals surface area contributed by atoms with E-state index in [9.17, 15) is 0 Å². The van der Waals surface area contributed by atoms with Crippen LogP contribution in [0.1, 0.15) is 72.1 Å². The second kappa shape index (κ2) is 5.73. The van der Waals surface area contributed by atoms with Gasteiger partial charge in [0.1, 0.15) is 0 Å². The lowest BCUT2D eigenvalue weighted by Crippen LogP contribution is -2.50. The molecule has 0 aromatic rings. The molecule has 1 nitrogen and oxygen atoms in total. The van der Waals surface area contributed by atoms with E-state index in [0.717, 1.165) is 23.7 Å². The number of rotatable bonds is 2. The van der Waals surface area contributed by atoms with Crippen LogP contribution >= 0.6 is 0 Å². The van der Waals surface area contributed by atoms with Gasteiger partial charge >= 0.3 is 0 Å². The van der Waals surface area contributed by atoms with Gasteiger partial charge in [-0.15, -0.1) is 0 Å². The minimum atomic E-state index is 0.459. The molecular formula is C23H36O. The topological polar surface area (TPSA) is 9.23 Å². The Labute approximate surface area is 148 Å². The molecule has 0 aliphatic heterocycles. The molecular weight excluding hydrogens is 292 g/mol. The van der Waals surface area contributed by atoms with E-state index in [-0.39, 0.29) is 0 Å². The van der Waals surface area contributed by atoms with Gasteiger partial charge in [0.15, 0.2) is 0 Å². The highest BCUT2D eigenvalue weighted by atomic mass is 16.5. The molecule has 0 saturated heterocycles. The summed E-state index contributed by atoms with van der Waals surface area (Å²) in [7, 11) is 1.89. The number of hydrogen-bond donors (Lipinski definition) is 0. The first kappa shape index (κ1) is 16.9. The van der Waals surface area contributed by atoms with Crippen LogP contribution in [0.15, 0.2) is 23.8 Å². The van der Waals surface area contributed by atoms with Gasteiger partial charge in [-0.25, -0.2) is 0 Å². The van der Waals surface area contributed by atoms with Crippen LogP contribution in [-0.2, 0) is 4.74 Å². The molecule has 24 heavy (non-hydrogen) atoms. The number of hydrogen-bond acceptors (Lipinski definition) is 1. The van der Waals surface area contributed by atoms with Gasteiger partial charge in [-0.05, 0) is 92.8 Å². The maximum absolute atomic E-state index is 5.70. The highest BCUT2D eigenvalue weighted by molar-refractivity contribution is 5.26. The van der Waals surface area contributed by atoms with Crippen LogP contribution in [0.3, 0.4) is 0 Å². The van der Waals surface area contributed by atoms with Crippen molar-refractivity contribution in [3.63, 3.8) is 0 Å². The van der Waals surface area contributed by atoms with Crippen molar-refractivity contribution in [3.8, 4) is 0 Å². The molecule has 134 valence electrons. The number of ether oxygens (including phenoxy) is 1. The first-order valence-electron chi connectivity index (χ1n) is 10.3. The summed E-state index contributed by atoms with van der Waals surface area (Å²) in [6, 6.07) is 0. The number of fused-ring (bicyclic) bond motifs is 5. The van der Waals surface area contributed by atoms with Gasteiger partial charge in [-0.3, -0.25) is 0 Å². The zero-order valence-corrected chi connectivity index (χ0v) is 16.2. The van der Waals surface area contributed by atoms with Crippen molar-refractivity contribution in [1.29, 1.82) is 0 Å². The summed E-state index contributed by atoms with van der Waals surface area (Å²) < 4.78 is 5.70. The van der Waals surface area contributed by atoms with Crippen LogP contribution in [0, 0.1) is 34.5 Å². The SMILES string of the molecule is C=C(C)C1CCC2C3CC=C4CC(OC)CCC4(C)C3CCC12C. The Kier molecular flexibility index (Phi) is 4.03. The molecule has 1 heteroatoms. The molecule has 0 bridgehead atoms. The van der Waals surface area contributed by atoms with Crippen LogP contribution < -0.4 is 0 Å². The summed E-state index contributed by atoms with van der Waals surface area (Å²) in [5.74, 6) is 3.52. The molecule has 7 unspecified atom stereocenters. The minimum Gasteiger partial charge on any atom is -0.381 e. The van der Waals surface area contributed by atoms with E-state index in [4.69, 9.17) is 4.74 Å². The second-order valence-electron chi connectivity index (χ2n) is 9.88. The Balaban J connectivity index is 1.63. The van der Waals surface area contributed by atoms with Crippen molar-refractivity contribution in [2.45, 2.75) is 78.2 Å². The van der Waals surface area contributed by atoms with Gasteiger partial charge in [0, 0.05) is 7.11 Å². The van der Waals surface area contributed by atoms with Crippen LogP contribution in [0.2, 0.25) is 0 Å². The quantitative estimate of drug-likeness (QED) is 0.552. The van der Waals surface area contributed by atoms with E-state index in [2.05, 4.69) is 33.4 Å². The fourth-order valence-electron chi connectivity index (χ4n) is 7.64. The number of methoxy groups -OCH3 is 1. The Hall–Kier alpha value is -0.560. The third-order valence-corrected chi connectivity index (χ3v) is 8.99. The van der Waals surface area contributed by atoms with E-state index in [1.54, 1.807) is 5.57 Å². The van der Waals surface area contributed by atoms with Crippen LogP contribution in [-0.4, -0.2) is 13.2 Å². The normalized spacial score (nSPS) is 50.5. The average Bonchev–Trinajstić information content (AvgIpc) is 2.91. The van der Waals surface area contributed by atoms with Crippen molar-refractivity contribution in [2.24, 2.45) is 34.5 Å². The molecule has 3 saturated carbocycles. The molecule has 0 aromatic carbocycles. The predicted molar refractivity (Wildman–Crippen MR) is 101 cm³/mol. The summed E-state index contributed by atoms with van der Waals surface area (Å²) >= 11 is 0. The van der Waals surface area contributed by atoms with Gasteiger partial charge in [0.05, 0.1) is 6.10 Å². The monoisotopic (exact) mass is 328 g/mol. The zero-order valence-electron chi connectivity index (χ0n) is 16.2. The molecule has 0 spiro atoms. The smallest absolute Gasteiger partial charge is 0.0608 e. The molecule has 0 heterocycles. The average molecular weight is 329 g/mol. The summed E-state index contributed by atoms with van der Waals surface area (Å²) in [4.78, 5) is 0. The largest absolute Gasteiger partial charge is 0.381 e. The molecule has 4 rings (SSSR count). The maximum atomic E-state index is 5.70. The van der Waals surface area contributed by atoms with Crippen molar-refractivity contribution in [3.05, 3.63) is 23.8 Å². The molecule has 0 aromatic heterocycles. The van der Waals surface area contributed by atoms with E-state index in [1.807, 2.05) is 7.11 Å². The zero-order chi connectivity index (χ0) is 17.1. The van der Waals surface area contributed by atoms with Crippen LogP contribution in [0.5, 0.6) is 0 Å². The second-order valence-corrected chi connectivity index (χ2v) is 9.88. The lowest BCUT2D eigenvalue weighted by atomic mass is 9.47. The molecule has 0 N–H and O–H groups in total. The molecule has 3 fully saturated rings. The Morgan fingerprint density at radius 2 is 1.92 bits per heavy atom. The fraction of sp³-hybridized carbons (Fsp3) is 0.826. The molecule has 0 amide bonds.